The molecule has 25 heavy (non-hydrogen) atoms. The van der Waals surface area contributed by atoms with E-state index >= 15 is 0 Å². The van der Waals surface area contributed by atoms with Gasteiger partial charge in [-0.05, 0) is 49.3 Å². The minimum Gasteiger partial charge on any atom is -0.342 e. The average molecular weight is 352 g/mol. The summed E-state index contributed by atoms with van der Waals surface area (Å²) in [4.78, 5) is 20.4. The number of nitrogens with zero attached hydrogens (tertiary/aromatic N) is 4. The van der Waals surface area contributed by atoms with Crippen LogP contribution in [0.15, 0.2) is 35.8 Å². The van der Waals surface area contributed by atoms with E-state index in [0.717, 1.165) is 55.8 Å². The number of likely N-dealkylation sites (tertiary alicyclic amines) is 1. The standard InChI is InChI=1S/C19H20N4OS/c24-19(13-5-6-13)22-9-1-3-15(11-22)18-20-17-8-7-14(12-23(17)21-18)16-4-2-10-25-16/h2,4,7-8,10,12-13,15H,1,3,5-6,9,11H2. The molecular weight excluding hydrogens is 332 g/mol. The van der Waals surface area contributed by atoms with E-state index in [2.05, 4.69) is 23.6 Å². The minimum absolute atomic E-state index is 0.251. The van der Waals surface area contributed by atoms with Gasteiger partial charge in [0.15, 0.2) is 11.5 Å². The Kier molecular flexibility index (Phi) is 3.59. The Morgan fingerprint density at radius 1 is 1.20 bits per heavy atom. The van der Waals surface area contributed by atoms with E-state index in [0.29, 0.717) is 11.8 Å². The van der Waals surface area contributed by atoms with Crippen LogP contribution in [0.3, 0.4) is 0 Å². The van der Waals surface area contributed by atoms with Crippen molar-refractivity contribution in [2.45, 2.75) is 31.6 Å². The first-order valence-corrected chi connectivity index (χ1v) is 9.85. The number of hydrogen-bond donors (Lipinski definition) is 0. The van der Waals surface area contributed by atoms with E-state index in [4.69, 9.17) is 10.1 Å². The van der Waals surface area contributed by atoms with Crippen LogP contribution in [0, 0.1) is 5.92 Å². The first-order valence-electron chi connectivity index (χ1n) is 8.97. The number of pyridine rings is 1. The second kappa shape index (κ2) is 5.95. The van der Waals surface area contributed by atoms with Crippen LogP contribution in [0.1, 0.15) is 37.4 Å². The minimum atomic E-state index is 0.251. The molecule has 0 radical (unpaired) electrons. The number of aromatic nitrogens is 3. The second-order valence-corrected chi connectivity index (χ2v) is 8.01. The number of fused-ring (bicyclic) bond motifs is 1. The molecule has 0 bridgehead atoms. The average Bonchev–Trinajstić information content (AvgIpc) is 3.18. The summed E-state index contributed by atoms with van der Waals surface area (Å²) in [5.74, 6) is 1.76. The van der Waals surface area contributed by atoms with Crippen LogP contribution in [0.25, 0.3) is 16.1 Å². The molecule has 4 heterocycles. The zero-order chi connectivity index (χ0) is 16.8. The number of rotatable bonds is 3. The van der Waals surface area contributed by atoms with Gasteiger partial charge in [0, 0.05) is 41.6 Å². The Balaban J connectivity index is 1.41. The van der Waals surface area contributed by atoms with Gasteiger partial charge in [-0.25, -0.2) is 9.50 Å². The maximum atomic E-state index is 12.4. The van der Waals surface area contributed by atoms with Crippen LogP contribution >= 0.6 is 11.3 Å². The summed E-state index contributed by atoms with van der Waals surface area (Å²) < 4.78 is 1.88. The quantitative estimate of drug-likeness (QED) is 0.724. The summed E-state index contributed by atoms with van der Waals surface area (Å²) in [7, 11) is 0. The van der Waals surface area contributed by atoms with Gasteiger partial charge in [0.1, 0.15) is 0 Å². The van der Waals surface area contributed by atoms with Crippen LogP contribution in [0.2, 0.25) is 0 Å². The molecule has 1 saturated heterocycles. The first kappa shape index (κ1) is 15.1. The van der Waals surface area contributed by atoms with Crippen molar-refractivity contribution in [2.75, 3.05) is 13.1 Å². The van der Waals surface area contributed by atoms with Gasteiger partial charge in [-0.3, -0.25) is 4.79 Å². The summed E-state index contributed by atoms with van der Waals surface area (Å²) in [6.45, 7) is 1.66. The number of thiophene rings is 1. The van der Waals surface area contributed by atoms with Crippen molar-refractivity contribution in [3.63, 3.8) is 0 Å². The van der Waals surface area contributed by atoms with E-state index in [-0.39, 0.29) is 5.92 Å². The highest BCUT2D eigenvalue weighted by atomic mass is 32.1. The van der Waals surface area contributed by atoms with Crippen LogP contribution in [-0.2, 0) is 4.79 Å². The molecule has 1 atom stereocenters. The van der Waals surface area contributed by atoms with Crippen molar-refractivity contribution in [3.05, 3.63) is 41.7 Å². The van der Waals surface area contributed by atoms with Crippen LogP contribution < -0.4 is 0 Å². The van der Waals surface area contributed by atoms with Crippen molar-refractivity contribution in [3.8, 4) is 10.4 Å². The second-order valence-electron chi connectivity index (χ2n) is 7.07. The largest absolute Gasteiger partial charge is 0.342 e. The van der Waals surface area contributed by atoms with Crippen LogP contribution in [-0.4, -0.2) is 38.5 Å². The highest BCUT2D eigenvalue weighted by Crippen LogP contribution is 2.34. The number of amides is 1. The lowest BCUT2D eigenvalue weighted by atomic mass is 9.97. The van der Waals surface area contributed by atoms with Gasteiger partial charge in [-0.2, -0.15) is 5.10 Å². The number of hydrogen-bond acceptors (Lipinski definition) is 4. The van der Waals surface area contributed by atoms with Crippen molar-refractivity contribution in [1.82, 2.24) is 19.5 Å². The van der Waals surface area contributed by atoms with E-state index in [9.17, 15) is 4.79 Å². The zero-order valence-corrected chi connectivity index (χ0v) is 14.8. The molecule has 1 amide bonds. The molecular formula is C19H20N4OS. The maximum absolute atomic E-state index is 12.4. The zero-order valence-electron chi connectivity index (χ0n) is 14.0. The molecule has 1 unspecified atom stereocenters. The van der Waals surface area contributed by atoms with Gasteiger partial charge in [-0.1, -0.05) is 6.07 Å². The Hall–Kier alpha value is -2.21. The monoisotopic (exact) mass is 352 g/mol. The Morgan fingerprint density at radius 2 is 2.12 bits per heavy atom. The number of carbonyl (C=O) groups excluding carboxylic acids is 1. The molecule has 2 aliphatic rings. The molecule has 0 aromatic carbocycles. The summed E-state index contributed by atoms with van der Waals surface area (Å²) in [5, 5.41) is 6.82. The third-order valence-corrected chi connectivity index (χ3v) is 6.10. The maximum Gasteiger partial charge on any atom is 0.225 e. The third kappa shape index (κ3) is 2.84. The molecule has 0 spiro atoms. The predicted octanol–water partition coefficient (Wildman–Crippen LogP) is 3.57. The highest BCUT2D eigenvalue weighted by molar-refractivity contribution is 7.13. The van der Waals surface area contributed by atoms with E-state index in [1.807, 2.05) is 21.7 Å². The molecule has 1 aliphatic carbocycles. The van der Waals surface area contributed by atoms with E-state index in [1.54, 1.807) is 11.3 Å². The van der Waals surface area contributed by atoms with Crippen LogP contribution in [0.4, 0.5) is 0 Å². The molecule has 1 aliphatic heterocycles. The van der Waals surface area contributed by atoms with Crippen molar-refractivity contribution in [2.24, 2.45) is 5.92 Å². The molecule has 5 nitrogen and oxygen atoms in total. The summed E-state index contributed by atoms with van der Waals surface area (Å²) in [5.41, 5.74) is 2.04. The van der Waals surface area contributed by atoms with Gasteiger partial charge in [-0.15, -0.1) is 11.3 Å². The number of piperidine rings is 1. The molecule has 0 N–H and O–H groups in total. The predicted molar refractivity (Wildman–Crippen MR) is 97.6 cm³/mol. The number of carbonyl (C=O) groups is 1. The fourth-order valence-corrected chi connectivity index (χ4v) is 4.36. The lowest BCUT2D eigenvalue weighted by molar-refractivity contribution is -0.133. The highest BCUT2D eigenvalue weighted by Gasteiger charge is 2.36. The fourth-order valence-electron chi connectivity index (χ4n) is 3.64. The SMILES string of the molecule is O=C(C1CC1)N1CCCC(c2nc3ccc(-c4cccs4)cn3n2)C1. The smallest absolute Gasteiger partial charge is 0.225 e. The normalized spacial score (nSPS) is 21.0. The van der Waals surface area contributed by atoms with Crippen molar-refractivity contribution < 1.29 is 4.79 Å². The molecule has 6 heteroatoms. The Bertz CT molecular complexity index is 913. The van der Waals surface area contributed by atoms with Gasteiger partial charge in [0.2, 0.25) is 5.91 Å². The van der Waals surface area contributed by atoms with Crippen molar-refractivity contribution >= 4 is 22.9 Å². The molecule has 1 saturated carbocycles. The van der Waals surface area contributed by atoms with Gasteiger partial charge < -0.3 is 4.90 Å². The topological polar surface area (TPSA) is 50.5 Å². The van der Waals surface area contributed by atoms with Gasteiger partial charge in [0.05, 0.1) is 0 Å². The van der Waals surface area contributed by atoms with E-state index in [1.165, 1.54) is 4.88 Å². The fraction of sp³-hybridized carbons (Fsp3) is 0.421. The Morgan fingerprint density at radius 3 is 2.92 bits per heavy atom. The Labute approximate surface area is 150 Å². The van der Waals surface area contributed by atoms with Gasteiger partial charge in [0.25, 0.3) is 0 Å². The summed E-state index contributed by atoms with van der Waals surface area (Å²) in [6.07, 6.45) is 6.28. The lowest BCUT2D eigenvalue weighted by Crippen LogP contribution is -2.40. The molecule has 3 aromatic heterocycles. The molecule has 5 rings (SSSR count). The lowest BCUT2D eigenvalue weighted by Gasteiger charge is -2.31. The van der Waals surface area contributed by atoms with Crippen LogP contribution in [0.5, 0.6) is 0 Å². The van der Waals surface area contributed by atoms with E-state index < -0.39 is 0 Å². The molecule has 2 fully saturated rings. The molecule has 128 valence electrons. The summed E-state index contributed by atoms with van der Waals surface area (Å²) >= 11 is 1.73. The molecule has 3 aromatic rings. The third-order valence-electron chi connectivity index (χ3n) is 5.18. The van der Waals surface area contributed by atoms with Crippen molar-refractivity contribution in [1.29, 1.82) is 0 Å². The summed E-state index contributed by atoms with van der Waals surface area (Å²) in [6, 6.07) is 8.31. The first-order chi connectivity index (χ1) is 12.3. The van der Waals surface area contributed by atoms with Gasteiger partial charge >= 0.3 is 0 Å².